The minimum absolute atomic E-state index is 0.169. The minimum Gasteiger partial charge on any atom is -0.209 e. The fourth-order valence-electron chi connectivity index (χ4n) is 0.348. The summed E-state index contributed by atoms with van der Waals surface area (Å²) < 4.78 is 23.9. The van der Waals surface area contributed by atoms with Crippen molar-refractivity contribution in [1.82, 2.24) is 14.8 Å². The predicted octanol–water partition coefficient (Wildman–Crippen LogP) is 1.44. The zero-order chi connectivity index (χ0) is 6.85. The number of alkyl halides is 2. The molecule has 0 spiro atoms. The second-order valence-corrected chi connectivity index (χ2v) is 1.98. The molecular formula is C3H2BrF2N3. The molecule has 0 aliphatic rings. The lowest BCUT2D eigenvalue weighted by Crippen LogP contribution is -1.97. The molecule has 0 saturated carbocycles. The van der Waals surface area contributed by atoms with E-state index in [2.05, 4.69) is 26.0 Å². The molecule has 3 nitrogen and oxygen atoms in total. The Morgan fingerprint density at radius 3 is 2.56 bits per heavy atom. The second-order valence-electron chi connectivity index (χ2n) is 1.27. The lowest BCUT2D eigenvalue weighted by Gasteiger charge is -1.92. The van der Waals surface area contributed by atoms with Crippen molar-refractivity contribution in [2.24, 2.45) is 0 Å². The van der Waals surface area contributed by atoms with Gasteiger partial charge in [0.15, 0.2) is 0 Å². The molecule has 0 aliphatic heterocycles. The summed E-state index contributed by atoms with van der Waals surface area (Å²) >= 11 is 2.82. The van der Waals surface area contributed by atoms with Gasteiger partial charge in [0.2, 0.25) is 4.73 Å². The summed E-state index contributed by atoms with van der Waals surface area (Å²) in [6.07, 6.45) is 0.953. The summed E-state index contributed by atoms with van der Waals surface area (Å²) in [5.74, 6) is 0. The van der Waals surface area contributed by atoms with Gasteiger partial charge < -0.3 is 0 Å². The summed E-state index contributed by atoms with van der Waals surface area (Å²) in [7, 11) is 0. The van der Waals surface area contributed by atoms with Gasteiger partial charge in [-0.3, -0.25) is 0 Å². The molecule has 0 N–H and O–H groups in total. The molecule has 0 fully saturated rings. The number of rotatable bonds is 1. The lowest BCUT2D eigenvalue weighted by atomic mass is 11.1. The van der Waals surface area contributed by atoms with E-state index in [1.165, 1.54) is 0 Å². The number of hydrogen-bond donors (Lipinski definition) is 0. The first kappa shape index (κ1) is 6.60. The van der Waals surface area contributed by atoms with Crippen molar-refractivity contribution >= 4 is 15.9 Å². The number of nitrogens with zero attached hydrogens (tertiary/aromatic N) is 3. The van der Waals surface area contributed by atoms with Crippen LogP contribution in [-0.2, 0) is 0 Å². The van der Waals surface area contributed by atoms with Gasteiger partial charge in [-0.15, -0.1) is 5.10 Å². The molecule has 6 heteroatoms. The van der Waals surface area contributed by atoms with Crippen LogP contribution in [0.15, 0.2) is 11.1 Å². The van der Waals surface area contributed by atoms with Crippen molar-refractivity contribution in [2.75, 3.05) is 0 Å². The average molecular weight is 198 g/mol. The Labute approximate surface area is 57.8 Å². The molecule has 50 valence electrons. The van der Waals surface area contributed by atoms with E-state index in [0.29, 0.717) is 4.68 Å². The summed E-state index contributed by atoms with van der Waals surface area (Å²) in [5.41, 5.74) is 0. The van der Waals surface area contributed by atoms with E-state index in [4.69, 9.17) is 0 Å². The smallest absolute Gasteiger partial charge is 0.209 e. The van der Waals surface area contributed by atoms with Crippen LogP contribution in [0.3, 0.4) is 0 Å². The summed E-state index contributed by atoms with van der Waals surface area (Å²) in [6.45, 7) is -2.61. The van der Waals surface area contributed by atoms with Gasteiger partial charge in [-0.1, -0.05) is 0 Å². The Morgan fingerprint density at radius 2 is 2.33 bits per heavy atom. The zero-order valence-electron chi connectivity index (χ0n) is 4.13. The Balaban J connectivity index is 2.85. The highest BCUT2D eigenvalue weighted by Crippen LogP contribution is 2.08. The summed E-state index contributed by atoms with van der Waals surface area (Å²) in [6, 6.07) is 0. The van der Waals surface area contributed by atoms with Crippen molar-refractivity contribution in [3.63, 3.8) is 0 Å². The Hall–Kier alpha value is -0.520. The van der Waals surface area contributed by atoms with E-state index < -0.39 is 6.55 Å². The van der Waals surface area contributed by atoms with Gasteiger partial charge in [-0.2, -0.15) is 13.5 Å². The van der Waals surface area contributed by atoms with Crippen LogP contribution in [0.25, 0.3) is 0 Å². The van der Waals surface area contributed by atoms with Crippen LogP contribution >= 0.6 is 15.9 Å². The molecule has 0 aliphatic carbocycles. The third kappa shape index (κ3) is 1.44. The van der Waals surface area contributed by atoms with Crippen LogP contribution in [0, 0.1) is 0 Å². The molecule has 0 unspecified atom stereocenters. The first-order chi connectivity index (χ1) is 4.20. The van der Waals surface area contributed by atoms with Crippen LogP contribution in [0.1, 0.15) is 6.55 Å². The Kier molecular flexibility index (Phi) is 1.75. The van der Waals surface area contributed by atoms with Crippen LogP contribution in [0.4, 0.5) is 8.78 Å². The Bertz CT molecular complexity index is 199. The standard InChI is InChI=1S/C3H2BrF2N3/c4-2-7-1-9(8-2)3(5)6/h1,3H. The van der Waals surface area contributed by atoms with Crippen molar-refractivity contribution in [3.8, 4) is 0 Å². The topological polar surface area (TPSA) is 30.7 Å². The van der Waals surface area contributed by atoms with Crippen LogP contribution in [-0.4, -0.2) is 14.8 Å². The lowest BCUT2D eigenvalue weighted by molar-refractivity contribution is 0.0559. The fraction of sp³-hybridized carbons (Fsp3) is 0.333. The van der Waals surface area contributed by atoms with Gasteiger partial charge in [-0.25, -0.2) is 4.98 Å². The first-order valence-corrected chi connectivity index (χ1v) is 2.84. The molecule has 1 aromatic rings. The molecule has 0 aromatic carbocycles. The largest absolute Gasteiger partial charge is 0.334 e. The first-order valence-electron chi connectivity index (χ1n) is 2.05. The predicted molar refractivity (Wildman–Crippen MR) is 29.0 cm³/mol. The highest BCUT2D eigenvalue weighted by molar-refractivity contribution is 9.10. The number of hydrogen-bond acceptors (Lipinski definition) is 2. The molecule has 1 heterocycles. The van der Waals surface area contributed by atoms with E-state index in [1.54, 1.807) is 0 Å². The molecule has 0 amide bonds. The highest BCUT2D eigenvalue weighted by Gasteiger charge is 2.05. The van der Waals surface area contributed by atoms with E-state index in [-0.39, 0.29) is 4.73 Å². The molecule has 0 bridgehead atoms. The van der Waals surface area contributed by atoms with Crippen LogP contribution < -0.4 is 0 Å². The molecular weight excluding hydrogens is 196 g/mol. The number of halogens is 3. The summed E-state index contributed by atoms with van der Waals surface area (Å²) in [4.78, 5) is 3.43. The molecule has 1 rings (SSSR count). The van der Waals surface area contributed by atoms with Crippen LogP contribution in [0.5, 0.6) is 0 Å². The molecule has 0 saturated heterocycles. The third-order valence-corrected chi connectivity index (χ3v) is 1.04. The van der Waals surface area contributed by atoms with Gasteiger partial charge in [0, 0.05) is 0 Å². The van der Waals surface area contributed by atoms with E-state index >= 15 is 0 Å². The van der Waals surface area contributed by atoms with Crippen molar-refractivity contribution in [2.45, 2.75) is 6.55 Å². The van der Waals surface area contributed by atoms with Crippen molar-refractivity contribution in [3.05, 3.63) is 11.1 Å². The van der Waals surface area contributed by atoms with Crippen molar-refractivity contribution < 1.29 is 8.78 Å². The third-order valence-electron chi connectivity index (χ3n) is 0.681. The quantitative estimate of drug-likeness (QED) is 0.683. The van der Waals surface area contributed by atoms with Gasteiger partial charge in [0.25, 0.3) is 0 Å². The molecule has 9 heavy (non-hydrogen) atoms. The number of aromatic nitrogens is 3. The van der Waals surface area contributed by atoms with Gasteiger partial charge in [0.05, 0.1) is 0 Å². The maximum atomic E-state index is 11.6. The van der Waals surface area contributed by atoms with Crippen LogP contribution in [0.2, 0.25) is 0 Å². The molecule has 0 radical (unpaired) electrons. The normalized spacial score (nSPS) is 10.7. The Morgan fingerprint density at radius 1 is 1.67 bits per heavy atom. The van der Waals surface area contributed by atoms with Gasteiger partial charge >= 0.3 is 6.55 Å². The molecule has 0 atom stereocenters. The van der Waals surface area contributed by atoms with E-state index in [9.17, 15) is 8.78 Å². The maximum Gasteiger partial charge on any atom is 0.334 e. The average Bonchev–Trinajstić information content (AvgIpc) is 2.14. The second kappa shape index (κ2) is 2.38. The summed E-state index contributed by atoms with van der Waals surface area (Å²) in [5, 5.41) is 3.28. The SMILES string of the molecule is FC(F)n1cnc(Br)n1. The highest BCUT2D eigenvalue weighted by atomic mass is 79.9. The zero-order valence-corrected chi connectivity index (χ0v) is 5.72. The monoisotopic (exact) mass is 197 g/mol. The van der Waals surface area contributed by atoms with Gasteiger partial charge in [0.1, 0.15) is 6.33 Å². The van der Waals surface area contributed by atoms with Crippen molar-refractivity contribution in [1.29, 1.82) is 0 Å². The molecule has 1 aromatic heterocycles. The van der Waals surface area contributed by atoms with E-state index in [1.807, 2.05) is 0 Å². The fourth-order valence-corrected chi connectivity index (χ4v) is 0.622. The minimum atomic E-state index is -2.61. The van der Waals surface area contributed by atoms with Gasteiger partial charge in [-0.05, 0) is 15.9 Å². The maximum absolute atomic E-state index is 11.6. The van der Waals surface area contributed by atoms with E-state index in [0.717, 1.165) is 6.33 Å².